The number of hydrogen-bond donors (Lipinski definition) is 1. The number of anilines is 1. The van der Waals surface area contributed by atoms with Crippen molar-refractivity contribution >= 4 is 52.2 Å². The van der Waals surface area contributed by atoms with Gasteiger partial charge in [-0.3, -0.25) is 15.4 Å². The number of benzene rings is 1. The molecule has 0 spiro atoms. The Bertz CT molecular complexity index is 922. The van der Waals surface area contributed by atoms with E-state index in [4.69, 9.17) is 9.47 Å². The van der Waals surface area contributed by atoms with Crippen molar-refractivity contribution in [3.05, 3.63) is 55.3 Å². The Balaban J connectivity index is 2.31. The average Bonchev–Trinajstić information content (AvgIpc) is 2.59. The van der Waals surface area contributed by atoms with Gasteiger partial charge in [0.2, 0.25) is 5.88 Å². The smallest absolute Gasteiger partial charge is 0.412 e. The Morgan fingerprint density at radius 1 is 1.29 bits per heavy atom. The van der Waals surface area contributed by atoms with Gasteiger partial charge in [-0.15, -0.1) is 0 Å². The SMILES string of the molecule is COc1nccc(I)c1C=Cc1ccc(NC(=O)OC(C)(C)C)cc1[N+](=O)[O-]. The number of carbonyl (C=O) groups is 1. The predicted molar refractivity (Wildman–Crippen MR) is 115 cm³/mol. The van der Waals surface area contributed by atoms with Gasteiger partial charge < -0.3 is 9.47 Å². The summed E-state index contributed by atoms with van der Waals surface area (Å²) in [6.45, 7) is 5.20. The summed E-state index contributed by atoms with van der Waals surface area (Å²) in [5, 5.41) is 14.0. The van der Waals surface area contributed by atoms with Gasteiger partial charge in [0.25, 0.3) is 5.69 Å². The van der Waals surface area contributed by atoms with Crippen LogP contribution < -0.4 is 10.1 Å². The molecule has 0 aliphatic rings. The molecule has 1 aromatic heterocycles. The fourth-order valence-electron chi connectivity index (χ4n) is 2.26. The molecule has 28 heavy (non-hydrogen) atoms. The molecule has 9 heteroatoms. The summed E-state index contributed by atoms with van der Waals surface area (Å²) in [7, 11) is 1.51. The Hall–Kier alpha value is -2.69. The molecule has 1 N–H and O–H groups in total. The van der Waals surface area contributed by atoms with E-state index in [1.54, 1.807) is 51.3 Å². The summed E-state index contributed by atoms with van der Waals surface area (Å²) >= 11 is 2.14. The molecule has 0 atom stereocenters. The molecule has 0 unspecified atom stereocenters. The summed E-state index contributed by atoms with van der Waals surface area (Å²) < 4.78 is 11.3. The number of ether oxygens (including phenoxy) is 2. The average molecular weight is 497 g/mol. The molecule has 0 bridgehead atoms. The van der Waals surface area contributed by atoms with Crippen molar-refractivity contribution in [2.45, 2.75) is 26.4 Å². The summed E-state index contributed by atoms with van der Waals surface area (Å²) in [4.78, 5) is 27.0. The molecule has 0 saturated heterocycles. The van der Waals surface area contributed by atoms with Crippen molar-refractivity contribution in [1.82, 2.24) is 4.98 Å². The highest BCUT2D eigenvalue weighted by atomic mass is 127. The van der Waals surface area contributed by atoms with Crippen LogP contribution in [0.5, 0.6) is 5.88 Å². The summed E-state index contributed by atoms with van der Waals surface area (Å²) in [6, 6.07) is 6.22. The highest BCUT2D eigenvalue weighted by molar-refractivity contribution is 14.1. The maximum atomic E-state index is 11.9. The van der Waals surface area contributed by atoms with E-state index in [0.717, 1.165) is 9.13 Å². The third-order valence-electron chi connectivity index (χ3n) is 3.40. The molecule has 0 radical (unpaired) electrons. The topological polar surface area (TPSA) is 104 Å². The molecular weight excluding hydrogens is 477 g/mol. The number of aromatic nitrogens is 1. The molecule has 0 aliphatic carbocycles. The van der Waals surface area contributed by atoms with Crippen molar-refractivity contribution in [3.63, 3.8) is 0 Å². The molecule has 2 rings (SSSR count). The lowest BCUT2D eigenvalue weighted by molar-refractivity contribution is -0.385. The Morgan fingerprint density at radius 3 is 2.61 bits per heavy atom. The number of methoxy groups -OCH3 is 1. The fraction of sp³-hybridized carbons (Fsp3) is 0.263. The lowest BCUT2D eigenvalue weighted by Gasteiger charge is -2.19. The van der Waals surface area contributed by atoms with Gasteiger partial charge in [0.1, 0.15) is 5.60 Å². The van der Waals surface area contributed by atoms with Gasteiger partial charge in [-0.25, -0.2) is 9.78 Å². The van der Waals surface area contributed by atoms with Crippen LogP contribution >= 0.6 is 22.6 Å². The molecule has 1 aromatic carbocycles. The quantitative estimate of drug-likeness (QED) is 0.350. The first-order chi connectivity index (χ1) is 13.1. The van der Waals surface area contributed by atoms with Crippen molar-refractivity contribution in [1.29, 1.82) is 0 Å². The van der Waals surface area contributed by atoms with E-state index in [2.05, 4.69) is 32.9 Å². The van der Waals surface area contributed by atoms with E-state index in [1.807, 2.05) is 6.07 Å². The number of pyridine rings is 1. The summed E-state index contributed by atoms with van der Waals surface area (Å²) in [5.74, 6) is 0.425. The molecule has 148 valence electrons. The largest absolute Gasteiger partial charge is 0.481 e. The van der Waals surface area contributed by atoms with Crippen LogP contribution in [-0.4, -0.2) is 28.7 Å². The molecule has 8 nitrogen and oxygen atoms in total. The van der Waals surface area contributed by atoms with Crippen LogP contribution in [-0.2, 0) is 4.74 Å². The van der Waals surface area contributed by atoms with Crippen molar-refractivity contribution in [2.24, 2.45) is 0 Å². The molecule has 1 amide bonds. The third-order valence-corrected chi connectivity index (χ3v) is 4.34. The number of carbonyl (C=O) groups excluding carboxylic acids is 1. The van der Waals surface area contributed by atoms with Crippen LogP contribution in [0, 0.1) is 13.7 Å². The number of amides is 1. The minimum Gasteiger partial charge on any atom is -0.481 e. The number of nitrogens with zero attached hydrogens (tertiary/aromatic N) is 2. The zero-order chi connectivity index (χ0) is 20.9. The van der Waals surface area contributed by atoms with Crippen molar-refractivity contribution in [3.8, 4) is 5.88 Å². The molecule has 0 saturated carbocycles. The van der Waals surface area contributed by atoms with E-state index in [9.17, 15) is 14.9 Å². The summed E-state index contributed by atoms with van der Waals surface area (Å²) in [6.07, 6.45) is 4.26. The molecular formula is C19H20IN3O5. The lowest BCUT2D eigenvalue weighted by atomic mass is 10.1. The number of hydrogen-bond acceptors (Lipinski definition) is 6. The van der Waals surface area contributed by atoms with Crippen LogP contribution in [0.1, 0.15) is 31.9 Å². The molecule has 0 fully saturated rings. The van der Waals surface area contributed by atoms with E-state index in [0.29, 0.717) is 11.4 Å². The minimum atomic E-state index is -0.681. The van der Waals surface area contributed by atoms with Gasteiger partial charge in [0.15, 0.2) is 0 Å². The molecule has 0 aliphatic heterocycles. The zero-order valence-corrected chi connectivity index (χ0v) is 18.0. The first-order valence-corrected chi connectivity index (χ1v) is 9.33. The Labute approximate surface area is 176 Å². The van der Waals surface area contributed by atoms with E-state index in [-0.39, 0.29) is 11.4 Å². The molecule has 1 heterocycles. The second-order valence-corrected chi connectivity index (χ2v) is 7.87. The van der Waals surface area contributed by atoms with Gasteiger partial charge in [-0.05, 0) is 73.7 Å². The first kappa shape index (κ1) is 21.6. The molecule has 2 aromatic rings. The second kappa shape index (κ2) is 9.00. The van der Waals surface area contributed by atoms with Crippen LogP contribution in [0.3, 0.4) is 0 Å². The van der Waals surface area contributed by atoms with Gasteiger partial charge in [0.05, 0.1) is 28.8 Å². The highest BCUT2D eigenvalue weighted by Crippen LogP contribution is 2.28. The number of nitrogens with one attached hydrogen (secondary N) is 1. The number of rotatable bonds is 5. The normalized spacial score (nSPS) is 11.3. The Kier molecular flexibility index (Phi) is 6.95. The van der Waals surface area contributed by atoms with Crippen LogP contribution in [0.4, 0.5) is 16.2 Å². The van der Waals surface area contributed by atoms with Gasteiger partial charge >= 0.3 is 6.09 Å². The number of halogens is 1. The number of nitro groups is 1. The van der Waals surface area contributed by atoms with E-state index in [1.165, 1.54) is 13.2 Å². The standard InChI is InChI=1S/C19H20IN3O5/c1-19(2,3)28-18(24)22-13-7-5-12(16(11-13)23(25)26)6-8-14-15(20)9-10-21-17(14)27-4/h5-11H,1-4H3,(H,22,24). The summed E-state index contributed by atoms with van der Waals surface area (Å²) in [5.41, 5.74) is 0.546. The third kappa shape index (κ3) is 5.91. The maximum Gasteiger partial charge on any atom is 0.412 e. The van der Waals surface area contributed by atoms with Crippen molar-refractivity contribution in [2.75, 3.05) is 12.4 Å². The predicted octanol–water partition coefficient (Wildman–Crippen LogP) is 5.12. The van der Waals surface area contributed by atoms with Crippen molar-refractivity contribution < 1.29 is 19.2 Å². The maximum absolute atomic E-state index is 11.9. The van der Waals surface area contributed by atoms with Gasteiger partial charge in [-0.2, -0.15) is 0 Å². The highest BCUT2D eigenvalue weighted by Gasteiger charge is 2.18. The second-order valence-electron chi connectivity index (χ2n) is 6.71. The van der Waals surface area contributed by atoms with Gasteiger partial charge in [0, 0.05) is 15.8 Å². The zero-order valence-electron chi connectivity index (χ0n) is 15.9. The van der Waals surface area contributed by atoms with E-state index < -0.39 is 16.6 Å². The number of nitro benzene ring substituents is 1. The van der Waals surface area contributed by atoms with Crippen LogP contribution in [0.15, 0.2) is 30.5 Å². The van der Waals surface area contributed by atoms with Gasteiger partial charge in [-0.1, -0.05) is 0 Å². The van der Waals surface area contributed by atoms with Crippen LogP contribution in [0.25, 0.3) is 12.2 Å². The lowest BCUT2D eigenvalue weighted by Crippen LogP contribution is -2.27. The first-order valence-electron chi connectivity index (χ1n) is 8.26. The fourth-order valence-corrected chi connectivity index (χ4v) is 2.83. The Morgan fingerprint density at radius 2 is 2.00 bits per heavy atom. The van der Waals surface area contributed by atoms with E-state index >= 15 is 0 Å². The minimum absolute atomic E-state index is 0.150. The van der Waals surface area contributed by atoms with Crippen LogP contribution in [0.2, 0.25) is 0 Å². The monoisotopic (exact) mass is 497 g/mol.